The number of nitrogens with zero attached hydrogens (tertiary/aromatic N) is 2. The number of hydrogen-bond donors (Lipinski definition) is 2. The lowest BCUT2D eigenvalue weighted by molar-refractivity contribution is -0.116. The smallest absolute Gasteiger partial charge is 0.332 e. The van der Waals surface area contributed by atoms with Crippen LogP contribution in [0.15, 0.2) is 95.0 Å². The van der Waals surface area contributed by atoms with E-state index in [1.165, 1.54) is 28.8 Å². The standard InChI is InChI=1S/C28H26N4O5/c1-3-15-31-27(35)23-14-9-20(26(34)29-17-19-7-5-4-6-8-19)16-24(23)32(28(31)36)18-25(33)30-21-10-12-22(37-2)13-11-21/h3-14,16H,1,15,17-18H2,2H3,(H,29,34)(H,30,33). The van der Waals surface area contributed by atoms with Crippen molar-refractivity contribution in [2.75, 3.05) is 12.4 Å². The van der Waals surface area contributed by atoms with Crippen LogP contribution >= 0.6 is 0 Å². The Balaban J connectivity index is 1.68. The van der Waals surface area contributed by atoms with Gasteiger partial charge in [-0.2, -0.15) is 0 Å². The van der Waals surface area contributed by atoms with Crippen LogP contribution < -0.4 is 26.6 Å². The van der Waals surface area contributed by atoms with Gasteiger partial charge < -0.3 is 15.4 Å². The van der Waals surface area contributed by atoms with E-state index in [1.807, 2.05) is 30.3 Å². The number of ether oxygens (including phenoxy) is 1. The molecule has 4 rings (SSSR count). The summed E-state index contributed by atoms with van der Waals surface area (Å²) in [5.74, 6) is -0.214. The molecule has 0 saturated heterocycles. The number of hydrogen-bond acceptors (Lipinski definition) is 5. The van der Waals surface area contributed by atoms with Crippen molar-refractivity contribution in [3.8, 4) is 5.75 Å². The zero-order valence-corrected chi connectivity index (χ0v) is 20.3. The zero-order valence-electron chi connectivity index (χ0n) is 20.3. The van der Waals surface area contributed by atoms with Crippen molar-refractivity contribution in [1.29, 1.82) is 0 Å². The van der Waals surface area contributed by atoms with Crippen LogP contribution in [-0.2, 0) is 24.4 Å². The summed E-state index contributed by atoms with van der Waals surface area (Å²) in [4.78, 5) is 52.0. The highest BCUT2D eigenvalue weighted by molar-refractivity contribution is 5.98. The van der Waals surface area contributed by atoms with Gasteiger partial charge in [-0.05, 0) is 48.0 Å². The van der Waals surface area contributed by atoms with Crippen LogP contribution in [-0.4, -0.2) is 28.1 Å². The van der Waals surface area contributed by atoms with E-state index in [0.717, 1.165) is 10.1 Å². The summed E-state index contributed by atoms with van der Waals surface area (Å²) in [6.45, 7) is 3.54. The van der Waals surface area contributed by atoms with Gasteiger partial charge in [0, 0.05) is 24.3 Å². The fourth-order valence-corrected chi connectivity index (χ4v) is 3.90. The molecule has 0 spiro atoms. The fraction of sp³-hybridized carbons (Fsp3) is 0.143. The van der Waals surface area contributed by atoms with Crippen molar-refractivity contribution < 1.29 is 14.3 Å². The fourth-order valence-electron chi connectivity index (χ4n) is 3.90. The van der Waals surface area contributed by atoms with E-state index in [-0.39, 0.29) is 35.5 Å². The van der Waals surface area contributed by atoms with Crippen molar-refractivity contribution in [2.24, 2.45) is 0 Å². The van der Waals surface area contributed by atoms with Gasteiger partial charge in [0.25, 0.3) is 11.5 Å². The van der Waals surface area contributed by atoms with E-state index in [4.69, 9.17) is 4.74 Å². The first kappa shape index (κ1) is 25.2. The molecule has 1 heterocycles. The van der Waals surface area contributed by atoms with Gasteiger partial charge in [0.05, 0.1) is 18.0 Å². The minimum Gasteiger partial charge on any atom is -0.497 e. The highest BCUT2D eigenvalue weighted by Gasteiger charge is 2.17. The molecule has 0 fully saturated rings. The monoisotopic (exact) mass is 498 g/mol. The highest BCUT2D eigenvalue weighted by Crippen LogP contribution is 2.16. The molecule has 9 nitrogen and oxygen atoms in total. The number of amides is 2. The summed E-state index contributed by atoms with van der Waals surface area (Å²) in [6, 6.07) is 20.6. The van der Waals surface area contributed by atoms with Gasteiger partial charge in [-0.15, -0.1) is 6.58 Å². The van der Waals surface area contributed by atoms with Crippen molar-refractivity contribution in [1.82, 2.24) is 14.5 Å². The van der Waals surface area contributed by atoms with Crippen LogP contribution in [0.2, 0.25) is 0 Å². The Bertz CT molecular complexity index is 1570. The minimum absolute atomic E-state index is 0.0208. The highest BCUT2D eigenvalue weighted by atomic mass is 16.5. The summed E-state index contributed by atoms with van der Waals surface area (Å²) in [5, 5.41) is 5.77. The second kappa shape index (κ2) is 11.2. The summed E-state index contributed by atoms with van der Waals surface area (Å²) in [5.41, 5.74) is 0.687. The van der Waals surface area contributed by atoms with Crippen LogP contribution in [0.1, 0.15) is 15.9 Å². The second-order valence-electron chi connectivity index (χ2n) is 8.25. The summed E-state index contributed by atoms with van der Waals surface area (Å²) in [6.07, 6.45) is 1.43. The third kappa shape index (κ3) is 5.67. The van der Waals surface area contributed by atoms with Crippen molar-refractivity contribution in [3.63, 3.8) is 0 Å². The molecule has 4 aromatic rings. The molecule has 0 aliphatic carbocycles. The first-order chi connectivity index (χ1) is 17.9. The lowest BCUT2D eigenvalue weighted by atomic mass is 10.1. The number of carbonyl (C=O) groups is 2. The number of aromatic nitrogens is 2. The topological polar surface area (TPSA) is 111 Å². The lowest BCUT2D eigenvalue weighted by Crippen LogP contribution is -2.41. The largest absolute Gasteiger partial charge is 0.497 e. The quantitative estimate of drug-likeness (QED) is 0.345. The molecule has 2 amide bonds. The Hall–Kier alpha value is -4.92. The molecule has 188 valence electrons. The molecule has 0 aliphatic heterocycles. The van der Waals surface area contributed by atoms with Gasteiger partial charge in [0.2, 0.25) is 5.91 Å². The second-order valence-corrected chi connectivity index (χ2v) is 8.25. The molecule has 3 aromatic carbocycles. The number of rotatable bonds is 9. The lowest BCUT2D eigenvalue weighted by Gasteiger charge is -2.15. The number of benzene rings is 3. The molecular formula is C28H26N4O5. The van der Waals surface area contributed by atoms with Gasteiger partial charge in [0.15, 0.2) is 0 Å². The third-order valence-corrected chi connectivity index (χ3v) is 5.77. The number of nitrogens with one attached hydrogen (secondary N) is 2. The maximum absolute atomic E-state index is 13.2. The first-order valence-corrected chi connectivity index (χ1v) is 11.6. The van der Waals surface area contributed by atoms with Crippen LogP contribution in [0.5, 0.6) is 5.75 Å². The van der Waals surface area contributed by atoms with Gasteiger partial charge in [0.1, 0.15) is 12.3 Å². The summed E-state index contributed by atoms with van der Waals surface area (Å²) >= 11 is 0. The van der Waals surface area contributed by atoms with E-state index in [2.05, 4.69) is 17.2 Å². The van der Waals surface area contributed by atoms with Gasteiger partial charge in [-0.1, -0.05) is 36.4 Å². The minimum atomic E-state index is -0.677. The molecule has 37 heavy (non-hydrogen) atoms. The van der Waals surface area contributed by atoms with Crippen molar-refractivity contribution in [2.45, 2.75) is 19.6 Å². The molecule has 2 N–H and O–H groups in total. The number of methoxy groups -OCH3 is 1. The molecular weight excluding hydrogens is 472 g/mol. The molecule has 0 radical (unpaired) electrons. The predicted molar refractivity (Wildman–Crippen MR) is 142 cm³/mol. The number of carbonyl (C=O) groups excluding carboxylic acids is 2. The molecule has 0 atom stereocenters. The third-order valence-electron chi connectivity index (χ3n) is 5.77. The molecule has 0 aliphatic rings. The van der Waals surface area contributed by atoms with Crippen molar-refractivity contribution in [3.05, 3.63) is 117 Å². The number of allylic oxidation sites excluding steroid dienone is 1. The van der Waals surface area contributed by atoms with E-state index in [1.54, 1.807) is 31.4 Å². The molecule has 0 bridgehead atoms. The van der Waals surface area contributed by atoms with Crippen molar-refractivity contribution >= 4 is 28.4 Å². The predicted octanol–water partition coefficient (Wildman–Crippen LogP) is 2.93. The molecule has 1 aromatic heterocycles. The van der Waals surface area contributed by atoms with Crippen LogP contribution in [0.3, 0.4) is 0 Å². The van der Waals surface area contributed by atoms with Gasteiger partial charge in [-0.3, -0.25) is 23.5 Å². The normalized spacial score (nSPS) is 10.6. The van der Waals surface area contributed by atoms with E-state index in [0.29, 0.717) is 18.0 Å². The van der Waals surface area contributed by atoms with Crippen LogP contribution in [0, 0.1) is 0 Å². The van der Waals surface area contributed by atoms with Gasteiger partial charge >= 0.3 is 5.69 Å². The Labute approximate surface area is 212 Å². The molecule has 9 heteroatoms. The molecule has 0 saturated carbocycles. The van der Waals surface area contributed by atoms with Crippen LogP contribution in [0.4, 0.5) is 5.69 Å². The van der Waals surface area contributed by atoms with E-state index in [9.17, 15) is 19.2 Å². The Morgan fingerprint density at radius 3 is 2.38 bits per heavy atom. The average Bonchev–Trinajstić information content (AvgIpc) is 2.92. The number of fused-ring (bicyclic) bond motifs is 1. The SMILES string of the molecule is C=CCn1c(=O)c2ccc(C(=O)NCc3ccccc3)cc2n(CC(=O)Nc2ccc(OC)cc2)c1=O. The zero-order chi connectivity index (χ0) is 26.4. The number of anilines is 1. The van der Waals surface area contributed by atoms with Gasteiger partial charge in [-0.25, -0.2) is 4.79 Å². The molecule has 0 unspecified atom stereocenters. The van der Waals surface area contributed by atoms with E-state index >= 15 is 0 Å². The maximum atomic E-state index is 13.2. The van der Waals surface area contributed by atoms with Crippen LogP contribution in [0.25, 0.3) is 10.9 Å². The Morgan fingerprint density at radius 1 is 0.973 bits per heavy atom. The Morgan fingerprint density at radius 2 is 1.70 bits per heavy atom. The maximum Gasteiger partial charge on any atom is 0.332 e. The first-order valence-electron chi connectivity index (χ1n) is 11.6. The average molecular weight is 499 g/mol. The van der Waals surface area contributed by atoms with E-state index < -0.39 is 17.2 Å². The summed E-state index contributed by atoms with van der Waals surface area (Å²) < 4.78 is 7.32. The summed E-state index contributed by atoms with van der Waals surface area (Å²) in [7, 11) is 1.54. The Kier molecular flexibility index (Phi) is 7.63.